The van der Waals surface area contributed by atoms with Crippen molar-refractivity contribution in [3.63, 3.8) is 0 Å². The second-order valence-corrected chi connectivity index (χ2v) is 11.8. The fraction of sp³-hybridized carbons (Fsp3) is 0.367. The van der Waals surface area contributed by atoms with Gasteiger partial charge in [-0.1, -0.05) is 43.8 Å². The van der Waals surface area contributed by atoms with E-state index in [0.29, 0.717) is 11.7 Å². The molecule has 3 atom stereocenters. The highest BCUT2D eigenvalue weighted by atomic mass is 32.2. The maximum Gasteiger partial charge on any atom is 0.327 e. The summed E-state index contributed by atoms with van der Waals surface area (Å²) in [5.74, 6) is 1.82. The number of benzene rings is 2. The number of urea groups is 1. The van der Waals surface area contributed by atoms with Gasteiger partial charge in [0.2, 0.25) is 5.91 Å². The predicted octanol–water partition coefficient (Wildman–Crippen LogP) is 5.55. The van der Waals surface area contributed by atoms with Gasteiger partial charge in [0.1, 0.15) is 21.8 Å². The molecule has 6 rings (SSSR count). The lowest BCUT2D eigenvalue weighted by atomic mass is 9.99. The molecule has 4 heterocycles. The monoisotopic (exact) mass is 543 g/mol. The largest absolute Gasteiger partial charge is 0.457 e. The molecule has 0 aliphatic carbocycles. The van der Waals surface area contributed by atoms with Crippen LogP contribution in [-0.4, -0.2) is 41.3 Å². The Kier molecular flexibility index (Phi) is 6.95. The van der Waals surface area contributed by atoms with Gasteiger partial charge in [0.15, 0.2) is 0 Å². The number of hydrogen-bond donors (Lipinski definition) is 3. The van der Waals surface area contributed by atoms with Crippen LogP contribution in [0.5, 0.6) is 11.5 Å². The fourth-order valence-corrected chi connectivity index (χ4v) is 6.88. The number of para-hydroxylation sites is 1. The maximum atomic E-state index is 13.6. The van der Waals surface area contributed by atoms with E-state index in [4.69, 9.17) is 4.74 Å². The molecule has 1 saturated heterocycles. The standard InChI is InChI=1S/C30H33N5O3S/c1-17(2)21-8-4-5-9-24(21)38-20-10-11-22(18(3)15-20)35-23-12-14-32-29-25(23)26(34-30(35)37)27(39-29)28(36)33-19-7-6-13-31-16-19/h4-5,8-12,14-15,17,19,26-27,31H,6-7,13,16H2,1-3H3,(H,33,36)(H,34,37)/t19?,26?,27-/m1/s1. The molecule has 0 radical (unpaired) electrons. The third-order valence-electron chi connectivity index (χ3n) is 7.59. The van der Waals surface area contributed by atoms with Crippen molar-refractivity contribution < 1.29 is 14.3 Å². The normalized spacial score (nSPS) is 21.9. The molecule has 8 nitrogen and oxygen atoms in total. The summed E-state index contributed by atoms with van der Waals surface area (Å²) < 4.78 is 6.26. The van der Waals surface area contributed by atoms with Crippen molar-refractivity contribution in [3.05, 3.63) is 71.4 Å². The van der Waals surface area contributed by atoms with Crippen LogP contribution in [0.15, 0.2) is 59.8 Å². The minimum Gasteiger partial charge on any atom is -0.457 e. The van der Waals surface area contributed by atoms with Gasteiger partial charge in [-0.05, 0) is 73.7 Å². The summed E-state index contributed by atoms with van der Waals surface area (Å²) in [7, 11) is 0. The first-order valence-electron chi connectivity index (χ1n) is 13.6. The molecule has 3 aromatic rings. The van der Waals surface area contributed by atoms with E-state index < -0.39 is 11.3 Å². The van der Waals surface area contributed by atoms with Crippen LogP contribution in [0.2, 0.25) is 0 Å². The molecule has 2 aromatic carbocycles. The van der Waals surface area contributed by atoms with Gasteiger partial charge in [0.05, 0.1) is 17.4 Å². The molecule has 0 bridgehead atoms. The number of aryl methyl sites for hydroxylation is 1. The Morgan fingerprint density at radius 1 is 1.18 bits per heavy atom. The number of nitrogens with one attached hydrogen (secondary N) is 3. The molecule has 202 valence electrons. The third-order valence-corrected chi connectivity index (χ3v) is 8.87. The number of carbonyl (C=O) groups is 2. The first-order valence-corrected chi connectivity index (χ1v) is 14.4. The van der Waals surface area contributed by atoms with Gasteiger partial charge in [-0.25, -0.2) is 9.78 Å². The summed E-state index contributed by atoms with van der Waals surface area (Å²) in [4.78, 5) is 33.1. The summed E-state index contributed by atoms with van der Waals surface area (Å²) in [6.07, 6.45) is 3.71. The van der Waals surface area contributed by atoms with Gasteiger partial charge in [-0.3, -0.25) is 9.69 Å². The SMILES string of the molecule is Cc1cc(Oc2ccccc2C(C)C)ccc1N1C(=O)NC2c3c1ccnc3S[C@H]2C(=O)NC1CCCNC1. The maximum absolute atomic E-state index is 13.6. The third kappa shape index (κ3) is 4.85. The van der Waals surface area contributed by atoms with Gasteiger partial charge in [0, 0.05) is 24.3 Å². The Morgan fingerprint density at radius 2 is 2.03 bits per heavy atom. The molecule has 0 spiro atoms. The molecule has 0 saturated carbocycles. The fourth-order valence-electron chi connectivity index (χ4n) is 5.64. The molecular formula is C30H33N5O3S. The molecule has 1 fully saturated rings. The zero-order valence-corrected chi connectivity index (χ0v) is 23.2. The van der Waals surface area contributed by atoms with Crippen LogP contribution in [0.3, 0.4) is 0 Å². The van der Waals surface area contributed by atoms with Crippen LogP contribution in [0.25, 0.3) is 0 Å². The van der Waals surface area contributed by atoms with Crippen molar-refractivity contribution in [3.8, 4) is 11.5 Å². The first kappa shape index (κ1) is 25.7. The van der Waals surface area contributed by atoms with Gasteiger partial charge >= 0.3 is 6.03 Å². The summed E-state index contributed by atoms with van der Waals surface area (Å²) >= 11 is 1.43. The lowest BCUT2D eigenvalue weighted by Crippen LogP contribution is -2.52. The number of amides is 3. The zero-order chi connectivity index (χ0) is 27.1. The molecule has 9 heteroatoms. The second kappa shape index (κ2) is 10.5. The van der Waals surface area contributed by atoms with E-state index in [1.807, 2.05) is 49.4 Å². The molecule has 3 N–H and O–H groups in total. The highest BCUT2D eigenvalue weighted by Gasteiger charge is 2.47. The number of thioether (sulfide) groups is 1. The van der Waals surface area contributed by atoms with Crippen molar-refractivity contribution in [1.29, 1.82) is 0 Å². The Bertz CT molecular complexity index is 1420. The Morgan fingerprint density at radius 3 is 2.79 bits per heavy atom. The predicted molar refractivity (Wildman–Crippen MR) is 153 cm³/mol. The number of pyridine rings is 1. The van der Waals surface area contributed by atoms with Crippen LogP contribution in [0, 0.1) is 6.92 Å². The molecule has 3 amide bonds. The van der Waals surface area contributed by atoms with Crippen molar-refractivity contribution in [2.75, 3.05) is 18.0 Å². The lowest BCUT2D eigenvalue weighted by molar-refractivity contribution is -0.121. The topological polar surface area (TPSA) is 95.6 Å². The van der Waals surface area contributed by atoms with Crippen LogP contribution in [-0.2, 0) is 4.79 Å². The average Bonchev–Trinajstić information content (AvgIpc) is 3.30. The quantitative estimate of drug-likeness (QED) is 0.377. The lowest BCUT2D eigenvalue weighted by Gasteiger charge is -2.35. The van der Waals surface area contributed by atoms with Gasteiger partial charge in [-0.15, -0.1) is 0 Å². The van der Waals surface area contributed by atoms with E-state index in [1.165, 1.54) is 11.8 Å². The van der Waals surface area contributed by atoms with Crippen LogP contribution >= 0.6 is 11.8 Å². The Balaban J connectivity index is 1.27. The average molecular weight is 544 g/mol. The summed E-state index contributed by atoms with van der Waals surface area (Å²) in [6, 6.07) is 15.1. The Hall–Kier alpha value is -3.56. The van der Waals surface area contributed by atoms with Crippen LogP contribution in [0.4, 0.5) is 16.2 Å². The zero-order valence-electron chi connectivity index (χ0n) is 22.4. The smallest absolute Gasteiger partial charge is 0.327 e. The minimum atomic E-state index is -0.459. The molecule has 2 unspecified atom stereocenters. The summed E-state index contributed by atoms with van der Waals surface area (Å²) in [6.45, 7) is 8.01. The van der Waals surface area contributed by atoms with Gasteiger partial charge in [-0.2, -0.15) is 0 Å². The van der Waals surface area contributed by atoms with E-state index in [9.17, 15) is 9.59 Å². The van der Waals surface area contributed by atoms with Gasteiger partial charge < -0.3 is 20.7 Å². The van der Waals surface area contributed by atoms with Gasteiger partial charge in [0.25, 0.3) is 0 Å². The van der Waals surface area contributed by atoms with Crippen molar-refractivity contribution >= 4 is 35.1 Å². The number of anilines is 2. The Labute approximate surface area is 232 Å². The summed E-state index contributed by atoms with van der Waals surface area (Å²) in [5, 5.41) is 9.95. The van der Waals surface area contributed by atoms with Crippen molar-refractivity contribution in [2.24, 2.45) is 0 Å². The highest BCUT2D eigenvalue weighted by molar-refractivity contribution is 8.01. The molecule has 3 aliphatic rings. The number of hydrogen-bond acceptors (Lipinski definition) is 6. The number of carbonyl (C=O) groups excluding carboxylic acids is 2. The van der Waals surface area contributed by atoms with Crippen LogP contribution < -0.4 is 25.6 Å². The summed E-state index contributed by atoms with van der Waals surface area (Å²) in [5.41, 5.74) is 4.46. The van der Waals surface area contributed by atoms with E-state index >= 15 is 0 Å². The molecule has 39 heavy (non-hydrogen) atoms. The van der Waals surface area contributed by atoms with E-state index in [-0.39, 0.29) is 18.0 Å². The van der Waals surface area contributed by atoms with E-state index in [0.717, 1.165) is 64.8 Å². The molecule has 1 aromatic heterocycles. The van der Waals surface area contributed by atoms with Crippen molar-refractivity contribution in [2.45, 2.75) is 61.9 Å². The molecule has 3 aliphatic heterocycles. The minimum absolute atomic E-state index is 0.0595. The second-order valence-electron chi connectivity index (χ2n) is 10.6. The number of aromatic nitrogens is 1. The highest BCUT2D eigenvalue weighted by Crippen LogP contribution is 2.51. The number of piperidine rings is 1. The first-order chi connectivity index (χ1) is 18.9. The van der Waals surface area contributed by atoms with E-state index in [2.05, 4.69) is 40.8 Å². The number of nitrogens with zero attached hydrogens (tertiary/aromatic N) is 2. The number of ether oxygens (including phenoxy) is 1. The van der Waals surface area contributed by atoms with E-state index in [1.54, 1.807) is 11.1 Å². The molecular weight excluding hydrogens is 510 g/mol. The van der Waals surface area contributed by atoms with Crippen LogP contribution in [0.1, 0.15) is 55.3 Å². The number of rotatable bonds is 6. The van der Waals surface area contributed by atoms with Crippen molar-refractivity contribution in [1.82, 2.24) is 20.9 Å².